The number of carbonyl (C=O) groups is 1. The molecular weight excluding hydrogens is 284 g/mol. The van der Waals surface area contributed by atoms with Gasteiger partial charge in [-0.3, -0.25) is 9.48 Å². The summed E-state index contributed by atoms with van der Waals surface area (Å²) in [4.78, 5) is 19.2. The molecular formula is C15H20N4OS. The number of piperidine rings is 1. The van der Waals surface area contributed by atoms with Gasteiger partial charge < -0.3 is 4.90 Å². The highest BCUT2D eigenvalue weighted by Crippen LogP contribution is 2.33. The van der Waals surface area contributed by atoms with E-state index in [-0.39, 0.29) is 11.9 Å². The summed E-state index contributed by atoms with van der Waals surface area (Å²) in [7, 11) is 1.87. The van der Waals surface area contributed by atoms with Gasteiger partial charge in [-0.1, -0.05) is 0 Å². The zero-order chi connectivity index (χ0) is 14.8. The molecule has 0 bridgehead atoms. The van der Waals surface area contributed by atoms with E-state index in [1.165, 1.54) is 6.42 Å². The van der Waals surface area contributed by atoms with Gasteiger partial charge in [0, 0.05) is 30.9 Å². The number of likely N-dealkylation sites (tertiary alicyclic amines) is 1. The number of hydrogen-bond acceptors (Lipinski definition) is 4. The van der Waals surface area contributed by atoms with Crippen molar-refractivity contribution in [1.82, 2.24) is 19.7 Å². The number of amides is 1. The SMILES string of the molecule is Cc1csc(C2CCCCN2C(=O)Cc2cnn(C)c2)n1. The molecule has 0 radical (unpaired) electrons. The molecule has 1 atom stereocenters. The summed E-state index contributed by atoms with van der Waals surface area (Å²) < 4.78 is 1.74. The van der Waals surface area contributed by atoms with E-state index < -0.39 is 0 Å². The Kier molecular flexibility index (Phi) is 4.05. The van der Waals surface area contributed by atoms with Crippen molar-refractivity contribution in [1.29, 1.82) is 0 Å². The van der Waals surface area contributed by atoms with Crippen LogP contribution in [-0.2, 0) is 18.3 Å². The van der Waals surface area contributed by atoms with E-state index in [9.17, 15) is 4.79 Å². The summed E-state index contributed by atoms with van der Waals surface area (Å²) in [5, 5.41) is 7.27. The Labute approximate surface area is 128 Å². The van der Waals surface area contributed by atoms with Gasteiger partial charge in [0.1, 0.15) is 5.01 Å². The Balaban J connectivity index is 1.75. The second-order valence-electron chi connectivity index (χ2n) is 5.62. The van der Waals surface area contributed by atoms with Gasteiger partial charge in [-0.05, 0) is 31.7 Å². The highest BCUT2D eigenvalue weighted by molar-refractivity contribution is 7.09. The van der Waals surface area contributed by atoms with Crippen LogP contribution in [0.3, 0.4) is 0 Å². The number of aromatic nitrogens is 3. The van der Waals surface area contributed by atoms with Crippen molar-refractivity contribution < 1.29 is 4.79 Å². The van der Waals surface area contributed by atoms with Crippen LogP contribution in [0.5, 0.6) is 0 Å². The molecule has 1 amide bonds. The minimum atomic E-state index is 0.154. The number of carbonyl (C=O) groups excluding carboxylic acids is 1. The van der Waals surface area contributed by atoms with Crippen molar-refractivity contribution in [3.8, 4) is 0 Å². The van der Waals surface area contributed by atoms with Crippen LogP contribution in [0.2, 0.25) is 0 Å². The molecule has 1 aliphatic rings. The van der Waals surface area contributed by atoms with Crippen LogP contribution in [-0.4, -0.2) is 32.1 Å². The Bertz CT molecular complexity index is 633. The smallest absolute Gasteiger partial charge is 0.227 e. The minimum Gasteiger partial charge on any atom is -0.333 e. The molecule has 0 spiro atoms. The molecule has 0 aromatic carbocycles. The van der Waals surface area contributed by atoms with Crippen LogP contribution in [0.4, 0.5) is 0 Å². The Hall–Kier alpha value is -1.69. The third-order valence-corrected chi connectivity index (χ3v) is 4.92. The summed E-state index contributed by atoms with van der Waals surface area (Å²) in [5.41, 5.74) is 2.02. The number of rotatable bonds is 3. The van der Waals surface area contributed by atoms with Crippen molar-refractivity contribution in [2.75, 3.05) is 6.54 Å². The molecule has 0 N–H and O–H groups in total. The first-order valence-corrected chi connectivity index (χ1v) is 8.20. The Morgan fingerprint density at radius 1 is 1.48 bits per heavy atom. The molecule has 0 aliphatic carbocycles. The highest BCUT2D eigenvalue weighted by Gasteiger charge is 2.29. The highest BCUT2D eigenvalue weighted by atomic mass is 32.1. The maximum absolute atomic E-state index is 12.6. The summed E-state index contributed by atoms with van der Waals surface area (Å²) in [6.45, 7) is 2.84. The lowest BCUT2D eigenvalue weighted by atomic mass is 10.0. The van der Waals surface area contributed by atoms with Gasteiger partial charge in [0.2, 0.25) is 5.91 Å². The second-order valence-corrected chi connectivity index (χ2v) is 6.51. The summed E-state index contributed by atoms with van der Waals surface area (Å²) in [5.74, 6) is 0.181. The predicted octanol–water partition coefficient (Wildman–Crippen LogP) is 2.48. The Morgan fingerprint density at radius 3 is 3.00 bits per heavy atom. The first-order valence-electron chi connectivity index (χ1n) is 7.32. The van der Waals surface area contributed by atoms with Crippen molar-refractivity contribution >= 4 is 17.2 Å². The van der Waals surface area contributed by atoms with E-state index in [2.05, 4.69) is 15.5 Å². The molecule has 3 heterocycles. The average molecular weight is 304 g/mol. The van der Waals surface area contributed by atoms with Gasteiger partial charge in [0.15, 0.2) is 0 Å². The number of hydrogen-bond donors (Lipinski definition) is 0. The molecule has 3 rings (SSSR count). The first-order chi connectivity index (χ1) is 10.1. The van der Waals surface area contributed by atoms with Gasteiger partial charge >= 0.3 is 0 Å². The second kappa shape index (κ2) is 5.97. The number of thiazole rings is 1. The molecule has 1 saturated heterocycles. The molecule has 112 valence electrons. The lowest BCUT2D eigenvalue weighted by molar-refractivity contribution is -0.134. The lowest BCUT2D eigenvalue weighted by Crippen LogP contribution is -2.39. The van der Waals surface area contributed by atoms with E-state index in [4.69, 9.17) is 0 Å². The van der Waals surface area contributed by atoms with Crippen LogP contribution in [0, 0.1) is 6.92 Å². The van der Waals surface area contributed by atoms with Crippen LogP contribution >= 0.6 is 11.3 Å². The van der Waals surface area contributed by atoms with Crippen molar-refractivity contribution in [2.24, 2.45) is 7.05 Å². The fourth-order valence-corrected chi connectivity index (χ4v) is 3.79. The predicted molar refractivity (Wildman–Crippen MR) is 82.1 cm³/mol. The van der Waals surface area contributed by atoms with Crippen molar-refractivity contribution in [3.63, 3.8) is 0 Å². The third-order valence-electron chi connectivity index (χ3n) is 3.86. The van der Waals surface area contributed by atoms with E-state index in [1.54, 1.807) is 22.2 Å². The average Bonchev–Trinajstić information content (AvgIpc) is 3.07. The number of nitrogens with zero attached hydrogens (tertiary/aromatic N) is 4. The van der Waals surface area contributed by atoms with E-state index in [1.807, 2.05) is 25.1 Å². The molecule has 1 unspecified atom stereocenters. The fraction of sp³-hybridized carbons (Fsp3) is 0.533. The maximum Gasteiger partial charge on any atom is 0.227 e. The third kappa shape index (κ3) is 3.15. The minimum absolute atomic E-state index is 0.154. The molecule has 2 aromatic rings. The molecule has 6 heteroatoms. The quantitative estimate of drug-likeness (QED) is 0.875. The van der Waals surface area contributed by atoms with Gasteiger partial charge in [0.05, 0.1) is 18.7 Å². The zero-order valence-electron chi connectivity index (χ0n) is 12.5. The zero-order valence-corrected chi connectivity index (χ0v) is 13.3. The topological polar surface area (TPSA) is 51.0 Å². The molecule has 21 heavy (non-hydrogen) atoms. The van der Waals surface area contributed by atoms with Crippen LogP contribution in [0.25, 0.3) is 0 Å². The summed E-state index contributed by atoms with van der Waals surface area (Å²) in [6.07, 6.45) is 7.37. The summed E-state index contributed by atoms with van der Waals surface area (Å²) >= 11 is 1.67. The van der Waals surface area contributed by atoms with E-state index in [0.717, 1.165) is 35.7 Å². The standard InChI is InChI=1S/C15H20N4OS/c1-11-10-21-15(17-11)13-5-3-4-6-19(13)14(20)7-12-8-16-18(2)9-12/h8-10,13H,3-7H2,1-2H3. The van der Waals surface area contributed by atoms with Crippen molar-refractivity contribution in [3.05, 3.63) is 34.0 Å². The normalized spacial score (nSPS) is 19.0. The first kappa shape index (κ1) is 14.3. The Morgan fingerprint density at radius 2 is 2.33 bits per heavy atom. The monoisotopic (exact) mass is 304 g/mol. The molecule has 5 nitrogen and oxygen atoms in total. The molecule has 1 fully saturated rings. The van der Waals surface area contributed by atoms with Gasteiger partial charge in [-0.2, -0.15) is 5.10 Å². The van der Waals surface area contributed by atoms with Gasteiger partial charge in [0.25, 0.3) is 0 Å². The van der Waals surface area contributed by atoms with E-state index in [0.29, 0.717) is 6.42 Å². The molecule has 0 saturated carbocycles. The maximum atomic E-state index is 12.6. The lowest BCUT2D eigenvalue weighted by Gasteiger charge is -2.34. The van der Waals surface area contributed by atoms with Gasteiger partial charge in [-0.25, -0.2) is 4.98 Å². The van der Waals surface area contributed by atoms with Crippen LogP contribution < -0.4 is 0 Å². The molecule has 2 aromatic heterocycles. The fourth-order valence-electron chi connectivity index (χ4n) is 2.85. The number of aryl methyl sites for hydroxylation is 2. The largest absolute Gasteiger partial charge is 0.333 e. The molecule has 1 aliphatic heterocycles. The van der Waals surface area contributed by atoms with Crippen LogP contribution in [0.15, 0.2) is 17.8 Å². The van der Waals surface area contributed by atoms with Crippen molar-refractivity contribution in [2.45, 2.75) is 38.6 Å². The van der Waals surface area contributed by atoms with Crippen LogP contribution in [0.1, 0.15) is 41.6 Å². The summed E-state index contributed by atoms with van der Waals surface area (Å²) in [6, 6.07) is 0.154. The van der Waals surface area contributed by atoms with Gasteiger partial charge in [-0.15, -0.1) is 11.3 Å². The van der Waals surface area contributed by atoms with E-state index >= 15 is 0 Å².